The fourth-order valence-corrected chi connectivity index (χ4v) is 2.33. The number of alkyl halides is 1. The van der Waals surface area contributed by atoms with Gasteiger partial charge in [0, 0.05) is 25.2 Å². The van der Waals surface area contributed by atoms with Crippen molar-refractivity contribution in [1.29, 1.82) is 0 Å². The number of hydrogen-bond donors (Lipinski definition) is 0. The molecular weight excluding hydrogens is 268 g/mol. The Hall–Kier alpha value is -0.760. The first-order valence-corrected chi connectivity index (χ1v) is 8.24. The second-order valence-electron chi connectivity index (χ2n) is 6.47. The molecule has 0 bridgehead atoms. The molecule has 1 aromatic heterocycles. The minimum absolute atomic E-state index is 0.534. The number of pyridine rings is 1. The van der Waals surface area contributed by atoms with Crippen molar-refractivity contribution in [1.82, 2.24) is 4.98 Å². The van der Waals surface area contributed by atoms with Gasteiger partial charge in [-0.15, -0.1) is 11.6 Å². The average molecular weight is 297 g/mol. The molecule has 0 saturated carbocycles. The average Bonchev–Trinajstić information content (AvgIpc) is 2.39. The van der Waals surface area contributed by atoms with Gasteiger partial charge in [0.1, 0.15) is 5.82 Å². The molecule has 0 saturated heterocycles. The summed E-state index contributed by atoms with van der Waals surface area (Å²) in [5.74, 6) is 3.10. The summed E-state index contributed by atoms with van der Waals surface area (Å²) in [7, 11) is 0. The molecular formula is C17H29ClN2. The summed E-state index contributed by atoms with van der Waals surface area (Å²) in [6.45, 7) is 13.4. The van der Waals surface area contributed by atoms with Gasteiger partial charge < -0.3 is 4.90 Å². The summed E-state index contributed by atoms with van der Waals surface area (Å²) in [5, 5.41) is 0. The Morgan fingerprint density at radius 2 is 1.65 bits per heavy atom. The number of hydrogen-bond acceptors (Lipinski definition) is 2. The minimum Gasteiger partial charge on any atom is -0.356 e. The standard InChI is InChI=1S/C17H29ClN2/c1-13(2)6-8-20(9-7-14(3)4)17-15(5)10-16(11-18)12-19-17/h10,12-14H,6-9,11H2,1-5H3. The van der Waals surface area contributed by atoms with Crippen molar-refractivity contribution in [2.75, 3.05) is 18.0 Å². The van der Waals surface area contributed by atoms with E-state index in [1.165, 1.54) is 18.4 Å². The van der Waals surface area contributed by atoms with Crippen LogP contribution in [0.1, 0.15) is 51.7 Å². The van der Waals surface area contributed by atoms with Crippen LogP contribution in [-0.2, 0) is 5.88 Å². The number of aryl methyl sites for hydroxylation is 1. The van der Waals surface area contributed by atoms with Gasteiger partial charge in [-0.1, -0.05) is 27.7 Å². The first kappa shape index (κ1) is 17.3. The molecule has 0 fully saturated rings. The molecule has 0 aliphatic heterocycles. The van der Waals surface area contributed by atoms with Crippen molar-refractivity contribution in [2.45, 2.75) is 53.3 Å². The number of aromatic nitrogens is 1. The second-order valence-corrected chi connectivity index (χ2v) is 6.74. The van der Waals surface area contributed by atoms with Gasteiger partial charge in [0.25, 0.3) is 0 Å². The molecule has 0 aliphatic rings. The Morgan fingerprint density at radius 3 is 2.05 bits per heavy atom. The normalized spacial score (nSPS) is 11.4. The van der Waals surface area contributed by atoms with Crippen LogP contribution in [0.3, 0.4) is 0 Å². The van der Waals surface area contributed by atoms with Crippen LogP contribution in [0.4, 0.5) is 5.82 Å². The summed E-state index contributed by atoms with van der Waals surface area (Å²) < 4.78 is 0. The Morgan fingerprint density at radius 1 is 1.10 bits per heavy atom. The van der Waals surface area contributed by atoms with E-state index in [2.05, 4.69) is 50.6 Å². The first-order chi connectivity index (χ1) is 9.43. The van der Waals surface area contributed by atoms with Crippen LogP contribution in [0.15, 0.2) is 12.3 Å². The molecule has 114 valence electrons. The molecule has 1 rings (SSSR count). The van der Waals surface area contributed by atoms with Gasteiger partial charge in [-0.25, -0.2) is 4.98 Å². The summed E-state index contributed by atoms with van der Waals surface area (Å²) in [6.07, 6.45) is 4.32. The van der Waals surface area contributed by atoms with Gasteiger partial charge in [-0.05, 0) is 48.8 Å². The molecule has 0 radical (unpaired) electrons. The van der Waals surface area contributed by atoms with Crippen LogP contribution in [-0.4, -0.2) is 18.1 Å². The van der Waals surface area contributed by atoms with E-state index in [-0.39, 0.29) is 0 Å². The molecule has 0 atom stereocenters. The van der Waals surface area contributed by atoms with Crippen molar-refractivity contribution >= 4 is 17.4 Å². The number of halogens is 1. The lowest BCUT2D eigenvalue weighted by molar-refractivity contribution is 0.532. The van der Waals surface area contributed by atoms with Gasteiger partial charge in [0.05, 0.1) is 0 Å². The summed E-state index contributed by atoms with van der Waals surface area (Å²) in [4.78, 5) is 7.08. The third kappa shape index (κ3) is 5.70. The Bertz CT molecular complexity index is 390. The van der Waals surface area contributed by atoms with E-state index in [1.807, 2.05) is 6.20 Å². The summed E-state index contributed by atoms with van der Waals surface area (Å²) in [5.41, 5.74) is 2.33. The van der Waals surface area contributed by atoms with E-state index in [4.69, 9.17) is 11.6 Å². The van der Waals surface area contributed by atoms with E-state index >= 15 is 0 Å². The Balaban J connectivity index is 2.84. The van der Waals surface area contributed by atoms with Crippen LogP contribution < -0.4 is 4.90 Å². The van der Waals surface area contributed by atoms with Crippen LogP contribution in [0.2, 0.25) is 0 Å². The fraction of sp³-hybridized carbons (Fsp3) is 0.706. The van der Waals surface area contributed by atoms with Crippen molar-refractivity contribution in [3.8, 4) is 0 Å². The van der Waals surface area contributed by atoms with Gasteiger partial charge in [-0.3, -0.25) is 0 Å². The van der Waals surface area contributed by atoms with Gasteiger partial charge in [0.15, 0.2) is 0 Å². The highest BCUT2D eigenvalue weighted by Gasteiger charge is 2.12. The molecule has 2 nitrogen and oxygen atoms in total. The lowest BCUT2D eigenvalue weighted by atomic mass is 10.1. The molecule has 0 amide bonds. The van der Waals surface area contributed by atoms with Crippen molar-refractivity contribution in [3.63, 3.8) is 0 Å². The van der Waals surface area contributed by atoms with E-state index in [1.54, 1.807) is 0 Å². The maximum Gasteiger partial charge on any atom is 0.131 e. The van der Waals surface area contributed by atoms with E-state index in [0.29, 0.717) is 5.88 Å². The predicted molar refractivity (Wildman–Crippen MR) is 89.7 cm³/mol. The first-order valence-electron chi connectivity index (χ1n) is 7.70. The zero-order valence-corrected chi connectivity index (χ0v) is 14.4. The smallest absolute Gasteiger partial charge is 0.131 e. The Labute approximate surface area is 129 Å². The quantitative estimate of drug-likeness (QED) is 0.626. The van der Waals surface area contributed by atoms with Crippen molar-refractivity contribution < 1.29 is 0 Å². The maximum atomic E-state index is 5.88. The van der Waals surface area contributed by atoms with Gasteiger partial charge in [0.2, 0.25) is 0 Å². The van der Waals surface area contributed by atoms with Crippen LogP contribution >= 0.6 is 11.6 Å². The molecule has 1 aromatic rings. The minimum atomic E-state index is 0.534. The number of nitrogens with zero attached hydrogens (tertiary/aromatic N) is 2. The lowest BCUT2D eigenvalue weighted by Gasteiger charge is -2.27. The van der Waals surface area contributed by atoms with Gasteiger partial charge >= 0.3 is 0 Å². The number of rotatable bonds is 8. The SMILES string of the molecule is Cc1cc(CCl)cnc1N(CCC(C)C)CCC(C)C. The van der Waals surface area contributed by atoms with Crippen LogP contribution in [0, 0.1) is 18.8 Å². The van der Waals surface area contributed by atoms with Crippen molar-refractivity contribution in [3.05, 3.63) is 23.4 Å². The predicted octanol–water partition coefficient (Wildman–Crippen LogP) is 5.03. The molecule has 0 N–H and O–H groups in total. The van der Waals surface area contributed by atoms with E-state index < -0.39 is 0 Å². The third-order valence-electron chi connectivity index (χ3n) is 3.51. The van der Waals surface area contributed by atoms with Crippen LogP contribution in [0.25, 0.3) is 0 Å². The fourth-order valence-electron chi connectivity index (χ4n) is 2.18. The second kappa shape index (κ2) is 8.51. The topological polar surface area (TPSA) is 16.1 Å². The summed E-state index contributed by atoms with van der Waals surface area (Å²) >= 11 is 5.88. The molecule has 1 heterocycles. The highest BCUT2D eigenvalue weighted by molar-refractivity contribution is 6.17. The third-order valence-corrected chi connectivity index (χ3v) is 3.82. The zero-order valence-electron chi connectivity index (χ0n) is 13.6. The van der Waals surface area contributed by atoms with Crippen molar-refractivity contribution in [2.24, 2.45) is 11.8 Å². The highest BCUT2D eigenvalue weighted by Crippen LogP contribution is 2.21. The van der Waals surface area contributed by atoms with Gasteiger partial charge in [-0.2, -0.15) is 0 Å². The van der Waals surface area contributed by atoms with E-state index in [9.17, 15) is 0 Å². The largest absolute Gasteiger partial charge is 0.356 e. The molecule has 0 spiro atoms. The number of anilines is 1. The molecule has 0 unspecified atom stereocenters. The zero-order chi connectivity index (χ0) is 15.1. The monoisotopic (exact) mass is 296 g/mol. The van der Waals surface area contributed by atoms with Crippen LogP contribution in [0.5, 0.6) is 0 Å². The van der Waals surface area contributed by atoms with E-state index in [0.717, 1.165) is 36.3 Å². The maximum absolute atomic E-state index is 5.88. The molecule has 20 heavy (non-hydrogen) atoms. The summed E-state index contributed by atoms with van der Waals surface area (Å²) in [6, 6.07) is 2.16. The highest BCUT2D eigenvalue weighted by atomic mass is 35.5. The molecule has 3 heteroatoms. The lowest BCUT2D eigenvalue weighted by Crippen LogP contribution is -2.29. The Kier molecular flexibility index (Phi) is 7.36. The molecule has 0 aliphatic carbocycles. The molecule has 0 aromatic carbocycles.